The molecule has 0 saturated heterocycles. The molecule has 2 aliphatic rings. The molecule has 2 heterocycles. The smallest absolute Gasteiger partial charge is 0.407 e. The number of fused-ring (bicyclic) bond motifs is 3. The molecule has 1 amide bonds. The molecule has 1 aliphatic carbocycles. The van der Waals surface area contributed by atoms with Gasteiger partial charge >= 0.3 is 6.09 Å². The molecular formula is C24H32N2O5. The second kappa shape index (κ2) is 8.54. The molecule has 1 aromatic carbocycles. The number of hydrogen-bond donors (Lipinski definition) is 2. The fraction of sp³-hybridized carbons (Fsp3) is 0.583. The van der Waals surface area contributed by atoms with Gasteiger partial charge in [0.2, 0.25) is 0 Å². The summed E-state index contributed by atoms with van der Waals surface area (Å²) in [4.78, 5) is 16.5. The van der Waals surface area contributed by atoms with Gasteiger partial charge in [-0.1, -0.05) is 0 Å². The minimum absolute atomic E-state index is 0.0839. The van der Waals surface area contributed by atoms with E-state index in [-0.39, 0.29) is 24.2 Å². The number of alkyl carbamates (subject to hydrolysis) is 1. The van der Waals surface area contributed by atoms with Gasteiger partial charge in [-0.2, -0.15) is 0 Å². The topological polar surface area (TPSA) is 89.9 Å². The SMILES string of the molecule is COc1ccc2ncc3c(c2c1)CC(C(O)C1CCC(NC(=O)OC(C)(C)C)CC1)O3. The highest BCUT2D eigenvalue weighted by Gasteiger charge is 2.37. The number of benzene rings is 1. The molecule has 2 atom stereocenters. The third-order valence-corrected chi connectivity index (χ3v) is 6.19. The molecule has 4 rings (SSSR count). The maximum atomic E-state index is 12.0. The van der Waals surface area contributed by atoms with E-state index in [1.807, 2.05) is 39.0 Å². The normalized spacial score (nSPS) is 24.2. The Hall–Kier alpha value is -2.54. The average molecular weight is 429 g/mol. The van der Waals surface area contributed by atoms with Crippen molar-refractivity contribution in [1.29, 1.82) is 0 Å². The minimum atomic E-state index is -0.560. The predicted octanol–water partition coefficient (Wildman–Crippen LogP) is 3.99. The first-order valence-electron chi connectivity index (χ1n) is 11.0. The Labute approximate surface area is 183 Å². The van der Waals surface area contributed by atoms with Crippen molar-refractivity contribution in [1.82, 2.24) is 10.3 Å². The second-order valence-electron chi connectivity index (χ2n) is 9.59. The highest BCUT2D eigenvalue weighted by molar-refractivity contribution is 5.86. The number of pyridine rings is 1. The number of aliphatic hydroxyl groups excluding tert-OH is 1. The maximum absolute atomic E-state index is 12.0. The predicted molar refractivity (Wildman–Crippen MR) is 118 cm³/mol. The van der Waals surface area contributed by atoms with Gasteiger partial charge in [-0.15, -0.1) is 0 Å². The Morgan fingerprint density at radius 1 is 1.26 bits per heavy atom. The van der Waals surface area contributed by atoms with Crippen molar-refractivity contribution in [3.8, 4) is 11.5 Å². The average Bonchev–Trinajstić information content (AvgIpc) is 3.17. The Bertz CT molecular complexity index is 947. The number of ether oxygens (including phenoxy) is 3. The summed E-state index contributed by atoms with van der Waals surface area (Å²) in [7, 11) is 1.65. The highest BCUT2D eigenvalue weighted by Crippen LogP contribution is 2.39. The summed E-state index contributed by atoms with van der Waals surface area (Å²) in [5, 5.41) is 15.0. The molecule has 168 valence electrons. The zero-order valence-corrected chi connectivity index (χ0v) is 18.7. The number of rotatable bonds is 4. The molecule has 0 radical (unpaired) electrons. The lowest BCUT2D eigenvalue weighted by Gasteiger charge is -2.34. The van der Waals surface area contributed by atoms with Crippen molar-refractivity contribution in [2.75, 3.05) is 7.11 Å². The largest absolute Gasteiger partial charge is 0.497 e. The van der Waals surface area contributed by atoms with Crippen LogP contribution in [0.25, 0.3) is 10.9 Å². The van der Waals surface area contributed by atoms with Gasteiger partial charge in [0, 0.05) is 23.4 Å². The van der Waals surface area contributed by atoms with Crippen LogP contribution in [-0.4, -0.2) is 47.1 Å². The standard InChI is InChI=1S/C24H32N2O5/c1-24(2,3)31-23(28)26-15-7-5-14(6-8-15)22(27)20-12-18-17-11-16(29-4)9-10-19(17)25-13-21(18)30-20/h9-11,13-15,20,22,27H,5-8,12H2,1-4H3,(H,26,28). The number of methoxy groups -OCH3 is 1. The van der Waals surface area contributed by atoms with Crippen LogP contribution in [0.15, 0.2) is 24.4 Å². The Morgan fingerprint density at radius 2 is 2.00 bits per heavy atom. The van der Waals surface area contributed by atoms with E-state index in [1.54, 1.807) is 13.3 Å². The quantitative estimate of drug-likeness (QED) is 0.765. The number of aromatic nitrogens is 1. The second-order valence-corrected chi connectivity index (χ2v) is 9.59. The fourth-order valence-corrected chi connectivity index (χ4v) is 4.63. The van der Waals surface area contributed by atoms with Crippen molar-refractivity contribution in [2.45, 2.75) is 76.7 Å². The molecule has 2 aromatic rings. The van der Waals surface area contributed by atoms with E-state index in [1.165, 1.54) is 0 Å². The van der Waals surface area contributed by atoms with Crippen LogP contribution in [0.4, 0.5) is 4.79 Å². The van der Waals surface area contributed by atoms with Crippen molar-refractivity contribution >= 4 is 17.0 Å². The lowest BCUT2D eigenvalue weighted by atomic mass is 9.80. The van der Waals surface area contributed by atoms with Gasteiger partial charge in [0.1, 0.15) is 23.2 Å². The van der Waals surface area contributed by atoms with E-state index in [2.05, 4.69) is 10.3 Å². The molecular weight excluding hydrogens is 396 g/mol. The summed E-state index contributed by atoms with van der Waals surface area (Å²) >= 11 is 0. The van der Waals surface area contributed by atoms with Crippen LogP contribution in [0.2, 0.25) is 0 Å². The summed E-state index contributed by atoms with van der Waals surface area (Å²) in [5.74, 6) is 1.66. The molecule has 31 heavy (non-hydrogen) atoms. The van der Waals surface area contributed by atoms with Crippen LogP contribution in [0.5, 0.6) is 11.5 Å². The van der Waals surface area contributed by atoms with Crippen molar-refractivity contribution in [3.05, 3.63) is 30.0 Å². The summed E-state index contributed by atoms with van der Waals surface area (Å²) < 4.78 is 16.8. The first kappa shape index (κ1) is 21.7. The summed E-state index contributed by atoms with van der Waals surface area (Å²) in [5.41, 5.74) is 1.47. The van der Waals surface area contributed by atoms with E-state index in [9.17, 15) is 9.90 Å². The van der Waals surface area contributed by atoms with Crippen LogP contribution in [-0.2, 0) is 11.2 Å². The number of hydrogen-bond acceptors (Lipinski definition) is 6. The minimum Gasteiger partial charge on any atom is -0.497 e. The Balaban J connectivity index is 1.36. The summed E-state index contributed by atoms with van der Waals surface area (Å²) in [6.45, 7) is 5.57. The third kappa shape index (κ3) is 4.87. The van der Waals surface area contributed by atoms with Crippen LogP contribution >= 0.6 is 0 Å². The van der Waals surface area contributed by atoms with Crippen LogP contribution in [0, 0.1) is 5.92 Å². The van der Waals surface area contributed by atoms with Gasteiger partial charge in [-0.3, -0.25) is 4.98 Å². The lowest BCUT2D eigenvalue weighted by molar-refractivity contribution is -0.00737. The van der Waals surface area contributed by atoms with Gasteiger partial charge in [-0.05, 0) is 70.6 Å². The third-order valence-electron chi connectivity index (χ3n) is 6.19. The molecule has 1 aromatic heterocycles. The molecule has 0 spiro atoms. The number of carbonyl (C=O) groups is 1. The van der Waals surface area contributed by atoms with Crippen molar-refractivity contribution in [2.24, 2.45) is 5.92 Å². The van der Waals surface area contributed by atoms with Gasteiger partial charge in [0.05, 0.1) is 24.9 Å². The van der Waals surface area contributed by atoms with Crippen molar-refractivity contribution < 1.29 is 24.1 Å². The van der Waals surface area contributed by atoms with Crippen LogP contribution < -0.4 is 14.8 Å². The number of amides is 1. The monoisotopic (exact) mass is 428 g/mol. The zero-order valence-electron chi connectivity index (χ0n) is 18.7. The summed E-state index contributed by atoms with van der Waals surface area (Å²) in [6, 6.07) is 5.90. The first-order chi connectivity index (χ1) is 14.7. The van der Waals surface area contributed by atoms with Gasteiger partial charge in [0.25, 0.3) is 0 Å². The van der Waals surface area contributed by atoms with Gasteiger partial charge in [0.15, 0.2) is 0 Å². The number of nitrogens with zero attached hydrogens (tertiary/aromatic N) is 1. The Kier molecular flexibility index (Phi) is 5.97. The lowest BCUT2D eigenvalue weighted by Crippen LogP contribution is -2.44. The summed E-state index contributed by atoms with van der Waals surface area (Å²) in [6.07, 6.45) is 4.50. The fourth-order valence-electron chi connectivity index (χ4n) is 4.63. The Morgan fingerprint density at radius 3 is 2.68 bits per heavy atom. The molecule has 7 heteroatoms. The molecule has 1 aliphatic heterocycles. The molecule has 7 nitrogen and oxygen atoms in total. The molecule has 2 unspecified atom stereocenters. The molecule has 0 bridgehead atoms. The molecule has 1 fully saturated rings. The van der Waals surface area contributed by atoms with Gasteiger partial charge in [-0.25, -0.2) is 4.79 Å². The number of carbonyl (C=O) groups excluding carboxylic acids is 1. The van der Waals surface area contributed by atoms with E-state index in [0.29, 0.717) is 6.42 Å². The molecule has 2 N–H and O–H groups in total. The maximum Gasteiger partial charge on any atom is 0.407 e. The van der Waals surface area contributed by atoms with Crippen LogP contribution in [0.1, 0.15) is 52.0 Å². The zero-order chi connectivity index (χ0) is 22.2. The van der Waals surface area contributed by atoms with E-state index in [4.69, 9.17) is 14.2 Å². The molecule has 1 saturated carbocycles. The van der Waals surface area contributed by atoms with Crippen LogP contribution in [0.3, 0.4) is 0 Å². The highest BCUT2D eigenvalue weighted by atomic mass is 16.6. The first-order valence-corrected chi connectivity index (χ1v) is 11.0. The van der Waals surface area contributed by atoms with E-state index >= 15 is 0 Å². The van der Waals surface area contributed by atoms with E-state index in [0.717, 1.165) is 53.6 Å². The van der Waals surface area contributed by atoms with Crippen molar-refractivity contribution in [3.63, 3.8) is 0 Å². The number of nitrogens with one attached hydrogen (secondary N) is 1. The van der Waals surface area contributed by atoms with Gasteiger partial charge < -0.3 is 24.6 Å². The van der Waals surface area contributed by atoms with E-state index < -0.39 is 11.7 Å². The number of aliphatic hydroxyl groups is 1.